The topological polar surface area (TPSA) is 43.4 Å². The second-order valence-corrected chi connectivity index (χ2v) is 6.51. The zero-order valence-corrected chi connectivity index (χ0v) is 16.0. The standard InChI is InChI=1S/C23H30O3/c1-3-5-7-9-13-19(21-15-11-17-25-21)23(24)20(14-10-8-6-4-2)22-16-12-18-26-22/h11-18H,3-10H2,1-2H3. The fraction of sp³-hybridized carbons (Fsp3) is 0.435. The summed E-state index contributed by atoms with van der Waals surface area (Å²) in [6.07, 6.45) is 15.8. The van der Waals surface area contributed by atoms with Gasteiger partial charge in [0, 0.05) is 0 Å². The van der Waals surface area contributed by atoms with Gasteiger partial charge in [-0.05, 0) is 49.9 Å². The highest BCUT2D eigenvalue weighted by Crippen LogP contribution is 2.27. The molecule has 0 unspecified atom stereocenters. The van der Waals surface area contributed by atoms with Crippen molar-refractivity contribution in [3.8, 4) is 0 Å². The Bertz CT molecular complexity index is 628. The van der Waals surface area contributed by atoms with Crippen molar-refractivity contribution in [2.75, 3.05) is 0 Å². The summed E-state index contributed by atoms with van der Waals surface area (Å²) in [7, 11) is 0. The Morgan fingerprint density at radius 3 is 1.62 bits per heavy atom. The van der Waals surface area contributed by atoms with E-state index >= 15 is 0 Å². The number of unbranched alkanes of at least 4 members (excludes halogenated alkanes) is 6. The second kappa shape index (κ2) is 11.3. The van der Waals surface area contributed by atoms with Crippen molar-refractivity contribution in [1.29, 1.82) is 0 Å². The molecule has 0 saturated carbocycles. The van der Waals surface area contributed by atoms with Gasteiger partial charge in [0.15, 0.2) is 5.78 Å². The van der Waals surface area contributed by atoms with Crippen LogP contribution >= 0.6 is 0 Å². The lowest BCUT2D eigenvalue weighted by atomic mass is 9.96. The number of rotatable bonds is 12. The summed E-state index contributed by atoms with van der Waals surface area (Å²) in [5.74, 6) is 1.22. The molecule has 0 aliphatic rings. The lowest BCUT2D eigenvalue weighted by Gasteiger charge is -2.08. The van der Waals surface area contributed by atoms with Crippen molar-refractivity contribution in [1.82, 2.24) is 0 Å². The second-order valence-electron chi connectivity index (χ2n) is 6.51. The van der Waals surface area contributed by atoms with E-state index in [0.717, 1.165) is 51.4 Å². The zero-order chi connectivity index (χ0) is 18.6. The molecule has 140 valence electrons. The fourth-order valence-electron chi connectivity index (χ4n) is 2.90. The molecule has 26 heavy (non-hydrogen) atoms. The largest absolute Gasteiger partial charge is 0.464 e. The number of carbonyl (C=O) groups is 1. The third-order valence-corrected chi connectivity index (χ3v) is 4.37. The van der Waals surface area contributed by atoms with Crippen LogP contribution in [-0.2, 0) is 4.79 Å². The molecule has 0 aliphatic heterocycles. The summed E-state index contributed by atoms with van der Waals surface area (Å²) in [6.45, 7) is 4.35. The van der Waals surface area contributed by atoms with E-state index in [1.165, 1.54) is 0 Å². The first kappa shape index (κ1) is 20.0. The molecule has 3 heteroatoms. The van der Waals surface area contributed by atoms with Crippen molar-refractivity contribution in [2.45, 2.75) is 65.2 Å². The molecule has 0 saturated heterocycles. The Labute approximate surface area is 156 Å². The van der Waals surface area contributed by atoms with Gasteiger partial charge < -0.3 is 8.83 Å². The van der Waals surface area contributed by atoms with Gasteiger partial charge in [-0.1, -0.05) is 51.7 Å². The molecule has 3 nitrogen and oxygen atoms in total. The molecule has 0 atom stereocenters. The molecule has 0 aliphatic carbocycles. The minimum Gasteiger partial charge on any atom is -0.464 e. The number of hydrogen-bond donors (Lipinski definition) is 0. The van der Waals surface area contributed by atoms with Crippen LogP contribution in [0.5, 0.6) is 0 Å². The Hall–Kier alpha value is -2.29. The van der Waals surface area contributed by atoms with Gasteiger partial charge in [-0.25, -0.2) is 0 Å². The van der Waals surface area contributed by atoms with Crippen LogP contribution in [0.1, 0.15) is 76.7 Å². The van der Waals surface area contributed by atoms with Gasteiger partial charge in [0.25, 0.3) is 0 Å². The molecule has 2 rings (SSSR count). The quantitative estimate of drug-likeness (QED) is 0.302. The van der Waals surface area contributed by atoms with Crippen LogP contribution in [0.2, 0.25) is 0 Å². The lowest BCUT2D eigenvalue weighted by molar-refractivity contribution is -0.109. The van der Waals surface area contributed by atoms with Gasteiger partial charge in [0.05, 0.1) is 23.7 Å². The van der Waals surface area contributed by atoms with E-state index in [2.05, 4.69) is 13.8 Å². The molecule has 0 radical (unpaired) electrons. The molecular weight excluding hydrogens is 324 g/mol. The van der Waals surface area contributed by atoms with Crippen LogP contribution in [-0.4, -0.2) is 5.78 Å². The molecule has 0 bridgehead atoms. The third kappa shape index (κ3) is 5.91. The predicted molar refractivity (Wildman–Crippen MR) is 107 cm³/mol. The van der Waals surface area contributed by atoms with Crippen molar-refractivity contribution in [2.24, 2.45) is 0 Å². The summed E-state index contributed by atoms with van der Waals surface area (Å²) in [5.41, 5.74) is 1.26. The first-order valence-corrected chi connectivity index (χ1v) is 9.80. The van der Waals surface area contributed by atoms with Gasteiger partial charge in [0.2, 0.25) is 0 Å². The maximum atomic E-state index is 13.3. The van der Waals surface area contributed by atoms with Crippen molar-refractivity contribution in [3.63, 3.8) is 0 Å². The van der Waals surface area contributed by atoms with Crippen molar-refractivity contribution >= 4 is 16.9 Å². The predicted octanol–water partition coefficient (Wildman–Crippen LogP) is 7.07. The minimum absolute atomic E-state index is 0.0251. The van der Waals surface area contributed by atoms with Gasteiger partial charge in [-0.2, -0.15) is 0 Å². The van der Waals surface area contributed by atoms with E-state index in [1.54, 1.807) is 12.5 Å². The Morgan fingerprint density at radius 2 is 1.27 bits per heavy atom. The van der Waals surface area contributed by atoms with E-state index < -0.39 is 0 Å². The number of carbonyl (C=O) groups excluding carboxylic acids is 1. The normalized spacial score (nSPS) is 12.5. The molecule has 2 aromatic heterocycles. The summed E-state index contributed by atoms with van der Waals surface area (Å²) < 4.78 is 11.1. The van der Waals surface area contributed by atoms with Gasteiger partial charge >= 0.3 is 0 Å². The van der Waals surface area contributed by atoms with Crippen LogP contribution in [0.15, 0.2) is 57.8 Å². The fourth-order valence-corrected chi connectivity index (χ4v) is 2.90. The maximum absolute atomic E-state index is 13.3. The maximum Gasteiger partial charge on any atom is 0.199 e. The summed E-state index contributed by atoms with van der Waals surface area (Å²) in [4.78, 5) is 13.3. The van der Waals surface area contributed by atoms with Crippen molar-refractivity contribution in [3.05, 3.63) is 60.5 Å². The molecule has 0 spiro atoms. The van der Waals surface area contributed by atoms with E-state index in [0.29, 0.717) is 22.7 Å². The first-order chi connectivity index (χ1) is 12.8. The summed E-state index contributed by atoms with van der Waals surface area (Å²) in [5, 5.41) is 0. The average molecular weight is 354 g/mol. The number of furan rings is 2. The Kier molecular flexibility index (Phi) is 8.74. The SMILES string of the molecule is CCCCCC=C(C(=O)C(=CCCCCC)c1ccco1)c1ccco1. The highest BCUT2D eigenvalue weighted by molar-refractivity contribution is 6.41. The highest BCUT2D eigenvalue weighted by Gasteiger charge is 2.21. The van der Waals surface area contributed by atoms with Crippen LogP contribution in [0, 0.1) is 0 Å². The zero-order valence-electron chi connectivity index (χ0n) is 16.0. The van der Waals surface area contributed by atoms with E-state index in [1.807, 2.05) is 36.4 Å². The van der Waals surface area contributed by atoms with E-state index in [9.17, 15) is 4.79 Å². The van der Waals surface area contributed by atoms with Gasteiger partial charge in [-0.3, -0.25) is 4.79 Å². The number of Topliss-reactive ketones (excluding diaryl/α,β-unsaturated/α-hetero) is 1. The smallest absolute Gasteiger partial charge is 0.199 e. The molecular formula is C23H30O3. The lowest BCUT2D eigenvalue weighted by Crippen LogP contribution is -2.05. The summed E-state index contributed by atoms with van der Waals surface area (Å²) in [6, 6.07) is 7.33. The van der Waals surface area contributed by atoms with E-state index in [-0.39, 0.29) is 5.78 Å². The average Bonchev–Trinajstić information content (AvgIpc) is 3.35. The molecule has 2 heterocycles. The number of ketones is 1. The highest BCUT2D eigenvalue weighted by atomic mass is 16.3. The Balaban J connectivity index is 2.26. The minimum atomic E-state index is -0.0251. The monoisotopic (exact) mass is 354 g/mol. The number of hydrogen-bond acceptors (Lipinski definition) is 3. The molecule has 0 aromatic carbocycles. The molecule has 2 aromatic rings. The van der Waals surface area contributed by atoms with Crippen LogP contribution in [0.25, 0.3) is 11.1 Å². The van der Waals surface area contributed by atoms with Crippen LogP contribution in [0.3, 0.4) is 0 Å². The van der Waals surface area contributed by atoms with Gasteiger partial charge in [-0.15, -0.1) is 0 Å². The molecule has 0 amide bonds. The van der Waals surface area contributed by atoms with Gasteiger partial charge in [0.1, 0.15) is 11.5 Å². The molecule has 0 N–H and O–H groups in total. The first-order valence-electron chi connectivity index (χ1n) is 9.80. The van der Waals surface area contributed by atoms with E-state index in [4.69, 9.17) is 8.83 Å². The van der Waals surface area contributed by atoms with Crippen LogP contribution in [0.4, 0.5) is 0 Å². The Morgan fingerprint density at radius 1 is 0.808 bits per heavy atom. The van der Waals surface area contributed by atoms with Crippen molar-refractivity contribution < 1.29 is 13.6 Å². The molecule has 0 fully saturated rings. The van der Waals surface area contributed by atoms with Crippen LogP contribution < -0.4 is 0 Å². The number of allylic oxidation sites excluding steroid dienone is 4. The third-order valence-electron chi connectivity index (χ3n) is 4.37. The summed E-state index contributed by atoms with van der Waals surface area (Å²) >= 11 is 0.